The maximum absolute atomic E-state index is 11.0. The van der Waals surface area contributed by atoms with Crippen LogP contribution in [0.1, 0.15) is 18.4 Å². The van der Waals surface area contributed by atoms with Crippen molar-refractivity contribution in [3.05, 3.63) is 28.8 Å². The van der Waals surface area contributed by atoms with Gasteiger partial charge in [-0.3, -0.25) is 4.79 Å². The van der Waals surface area contributed by atoms with Crippen LogP contribution in [-0.2, 0) is 4.79 Å². The van der Waals surface area contributed by atoms with E-state index in [0.717, 1.165) is 0 Å². The monoisotopic (exact) mass is 250 g/mol. The first-order valence-corrected chi connectivity index (χ1v) is 5.63. The van der Waals surface area contributed by atoms with Crippen LogP contribution in [0.2, 0.25) is 5.02 Å². The Morgan fingerprint density at radius 1 is 1.59 bits per heavy atom. The maximum atomic E-state index is 11.0. The molecular formula is C12H11ClN2O2. The molecule has 4 nitrogen and oxygen atoms in total. The Labute approximate surface area is 104 Å². The van der Waals surface area contributed by atoms with E-state index in [4.69, 9.17) is 22.0 Å². The van der Waals surface area contributed by atoms with Crippen molar-refractivity contribution in [3.8, 4) is 6.07 Å². The molecule has 2 rings (SSSR count). The van der Waals surface area contributed by atoms with E-state index in [9.17, 15) is 4.79 Å². The summed E-state index contributed by atoms with van der Waals surface area (Å²) in [7, 11) is 0. The first-order valence-electron chi connectivity index (χ1n) is 5.25. The second-order valence-corrected chi connectivity index (χ2v) is 4.62. The molecule has 0 heterocycles. The Morgan fingerprint density at radius 3 is 2.82 bits per heavy atom. The van der Waals surface area contributed by atoms with Gasteiger partial charge in [0.25, 0.3) is 0 Å². The van der Waals surface area contributed by atoms with Crippen LogP contribution in [0.5, 0.6) is 0 Å². The number of nitrogens with one attached hydrogen (secondary N) is 1. The van der Waals surface area contributed by atoms with Crippen molar-refractivity contribution in [2.24, 2.45) is 5.41 Å². The van der Waals surface area contributed by atoms with E-state index in [1.807, 2.05) is 6.07 Å². The van der Waals surface area contributed by atoms with Crippen LogP contribution >= 0.6 is 11.6 Å². The molecule has 1 aliphatic rings. The lowest BCUT2D eigenvalue weighted by molar-refractivity contribution is -0.142. The van der Waals surface area contributed by atoms with Crippen LogP contribution < -0.4 is 5.32 Å². The predicted molar refractivity (Wildman–Crippen MR) is 64.0 cm³/mol. The molecule has 0 unspecified atom stereocenters. The molecule has 0 aliphatic heterocycles. The third-order valence-electron chi connectivity index (χ3n) is 3.05. The van der Waals surface area contributed by atoms with Gasteiger partial charge >= 0.3 is 5.97 Å². The van der Waals surface area contributed by atoms with Crippen molar-refractivity contribution in [2.45, 2.75) is 12.8 Å². The number of nitrogens with zero attached hydrogens (tertiary/aromatic N) is 1. The van der Waals surface area contributed by atoms with Crippen molar-refractivity contribution < 1.29 is 9.90 Å². The average Bonchev–Trinajstić information content (AvgIpc) is 3.07. The van der Waals surface area contributed by atoms with E-state index in [0.29, 0.717) is 35.7 Å². The quantitative estimate of drug-likeness (QED) is 0.861. The number of nitriles is 1. The predicted octanol–water partition coefficient (Wildman–Crippen LogP) is 2.49. The van der Waals surface area contributed by atoms with Gasteiger partial charge in [0.05, 0.1) is 21.7 Å². The normalized spacial score (nSPS) is 16.0. The Hall–Kier alpha value is -1.73. The van der Waals surface area contributed by atoms with Gasteiger partial charge in [-0.05, 0) is 25.0 Å². The fourth-order valence-electron chi connectivity index (χ4n) is 1.67. The van der Waals surface area contributed by atoms with Crippen molar-refractivity contribution in [1.29, 1.82) is 5.26 Å². The first-order chi connectivity index (χ1) is 8.09. The summed E-state index contributed by atoms with van der Waals surface area (Å²) in [4.78, 5) is 11.0. The summed E-state index contributed by atoms with van der Waals surface area (Å²) in [5.41, 5.74) is 0.289. The highest BCUT2D eigenvalue weighted by molar-refractivity contribution is 6.32. The van der Waals surface area contributed by atoms with Gasteiger partial charge in [0, 0.05) is 6.54 Å². The molecule has 0 saturated heterocycles. The Bertz CT molecular complexity index is 504. The number of rotatable bonds is 4. The second-order valence-electron chi connectivity index (χ2n) is 4.21. The van der Waals surface area contributed by atoms with E-state index in [2.05, 4.69) is 5.32 Å². The van der Waals surface area contributed by atoms with Crippen molar-refractivity contribution in [3.63, 3.8) is 0 Å². The lowest BCUT2D eigenvalue weighted by atomic mass is 10.1. The van der Waals surface area contributed by atoms with Crippen LogP contribution in [-0.4, -0.2) is 17.6 Å². The summed E-state index contributed by atoms with van der Waals surface area (Å²) in [5, 5.41) is 21.4. The third-order valence-corrected chi connectivity index (χ3v) is 3.36. The molecular weight excluding hydrogens is 240 g/mol. The minimum Gasteiger partial charge on any atom is -0.481 e. The fourth-order valence-corrected chi connectivity index (χ4v) is 1.88. The molecule has 5 heteroatoms. The standard InChI is InChI=1S/C12H11ClN2O2/c13-9-2-1-3-10(8(9)6-14)15-7-12(4-5-12)11(16)17/h1-3,15H,4-5,7H2,(H,16,17). The number of hydrogen-bond donors (Lipinski definition) is 2. The lowest BCUT2D eigenvalue weighted by Gasteiger charge is -2.13. The third kappa shape index (κ3) is 2.20. The summed E-state index contributed by atoms with van der Waals surface area (Å²) in [6, 6.07) is 7.09. The number of carboxylic acid groups (broad SMARTS) is 1. The largest absolute Gasteiger partial charge is 0.481 e. The minimum atomic E-state index is -0.787. The molecule has 0 spiro atoms. The van der Waals surface area contributed by atoms with Gasteiger partial charge in [-0.15, -0.1) is 0 Å². The fraction of sp³-hybridized carbons (Fsp3) is 0.333. The number of benzene rings is 1. The zero-order valence-corrected chi connectivity index (χ0v) is 9.79. The number of hydrogen-bond acceptors (Lipinski definition) is 3. The Balaban J connectivity index is 2.13. The number of aliphatic carboxylic acids is 1. The van der Waals surface area contributed by atoms with E-state index in [1.54, 1.807) is 18.2 Å². The minimum absolute atomic E-state index is 0.331. The molecule has 1 aliphatic carbocycles. The van der Waals surface area contributed by atoms with Gasteiger partial charge < -0.3 is 10.4 Å². The van der Waals surface area contributed by atoms with Crippen molar-refractivity contribution in [2.75, 3.05) is 11.9 Å². The van der Waals surface area contributed by atoms with E-state index >= 15 is 0 Å². The summed E-state index contributed by atoms with van der Waals surface area (Å²) in [5.74, 6) is -0.787. The molecule has 0 amide bonds. The van der Waals surface area contributed by atoms with Gasteiger partial charge in [-0.1, -0.05) is 17.7 Å². The molecule has 1 fully saturated rings. The van der Waals surface area contributed by atoms with Gasteiger partial charge in [0.1, 0.15) is 6.07 Å². The van der Waals surface area contributed by atoms with Crippen LogP contribution in [0.4, 0.5) is 5.69 Å². The van der Waals surface area contributed by atoms with Crippen LogP contribution in [0, 0.1) is 16.7 Å². The molecule has 0 aromatic heterocycles. The Morgan fingerprint density at radius 2 is 2.29 bits per heavy atom. The average molecular weight is 251 g/mol. The van der Waals surface area contributed by atoms with E-state index < -0.39 is 11.4 Å². The highest BCUT2D eigenvalue weighted by atomic mass is 35.5. The number of carbonyl (C=O) groups is 1. The molecule has 1 aromatic rings. The molecule has 17 heavy (non-hydrogen) atoms. The molecule has 88 valence electrons. The highest BCUT2D eigenvalue weighted by Gasteiger charge is 2.50. The van der Waals surface area contributed by atoms with E-state index in [1.165, 1.54) is 0 Å². The second kappa shape index (κ2) is 4.27. The van der Waals surface area contributed by atoms with Gasteiger partial charge in [-0.2, -0.15) is 5.26 Å². The molecule has 0 radical (unpaired) electrons. The summed E-state index contributed by atoms with van der Waals surface area (Å²) < 4.78 is 0. The molecule has 0 atom stereocenters. The zero-order valence-electron chi connectivity index (χ0n) is 9.03. The molecule has 1 aromatic carbocycles. The van der Waals surface area contributed by atoms with Crippen LogP contribution in [0.3, 0.4) is 0 Å². The molecule has 1 saturated carbocycles. The SMILES string of the molecule is N#Cc1c(Cl)cccc1NCC1(C(=O)O)CC1. The number of carboxylic acids is 1. The Kier molecular flexibility index (Phi) is 2.95. The van der Waals surface area contributed by atoms with Gasteiger partial charge in [0.2, 0.25) is 0 Å². The summed E-state index contributed by atoms with van der Waals surface area (Å²) >= 11 is 5.88. The van der Waals surface area contributed by atoms with Gasteiger partial charge in [-0.25, -0.2) is 0 Å². The number of halogens is 1. The highest BCUT2D eigenvalue weighted by Crippen LogP contribution is 2.46. The summed E-state index contributed by atoms with van der Waals surface area (Å²) in [6.07, 6.45) is 1.36. The van der Waals surface area contributed by atoms with Crippen LogP contribution in [0.15, 0.2) is 18.2 Å². The first kappa shape index (κ1) is 11.7. The maximum Gasteiger partial charge on any atom is 0.311 e. The van der Waals surface area contributed by atoms with Crippen LogP contribution in [0.25, 0.3) is 0 Å². The van der Waals surface area contributed by atoms with Crippen molar-refractivity contribution in [1.82, 2.24) is 0 Å². The van der Waals surface area contributed by atoms with E-state index in [-0.39, 0.29) is 0 Å². The molecule has 0 bridgehead atoms. The smallest absolute Gasteiger partial charge is 0.311 e. The number of anilines is 1. The molecule has 2 N–H and O–H groups in total. The van der Waals surface area contributed by atoms with Crippen molar-refractivity contribution >= 4 is 23.3 Å². The zero-order chi connectivity index (χ0) is 12.5. The topological polar surface area (TPSA) is 73.1 Å². The van der Waals surface area contributed by atoms with Gasteiger partial charge in [0.15, 0.2) is 0 Å². The lowest BCUT2D eigenvalue weighted by Crippen LogP contribution is -2.24. The summed E-state index contributed by atoms with van der Waals surface area (Å²) in [6.45, 7) is 0.331.